The first kappa shape index (κ1) is 16.1. The van der Waals surface area contributed by atoms with Crippen LogP contribution in [-0.2, 0) is 7.05 Å². The largest absolute Gasteiger partial charge is 0.494 e. The number of halogens is 1. The lowest BCUT2D eigenvalue weighted by molar-refractivity contribution is 0.102. The summed E-state index contributed by atoms with van der Waals surface area (Å²) in [5, 5.41) is 14.4. The van der Waals surface area contributed by atoms with Crippen molar-refractivity contribution < 1.29 is 9.90 Å². The molecule has 0 spiro atoms. The molecule has 0 aliphatic heterocycles. The van der Waals surface area contributed by atoms with Gasteiger partial charge in [-0.05, 0) is 36.8 Å². The van der Waals surface area contributed by atoms with Crippen molar-refractivity contribution in [2.24, 2.45) is 7.05 Å². The molecule has 24 heavy (non-hydrogen) atoms. The number of carbonyl (C=O) groups excluding carboxylic acids is 1. The van der Waals surface area contributed by atoms with Crippen molar-refractivity contribution in [2.45, 2.75) is 6.92 Å². The summed E-state index contributed by atoms with van der Waals surface area (Å²) in [6, 6.07) is 11.8. The van der Waals surface area contributed by atoms with E-state index in [2.05, 4.69) is 5.32 Å². The molecular formula is C18H15ClN2O3. The van der Waals surface area contributed by atoms with Gasteiger partial charge in [0.25, 0.3) is 11.5 Å². The molecule has 3 rings (SSSR count). The Bertz CT molecular complexity index is 1020. The number of pyridine rings is 1. The highest BCUT2D eigenvalue weighted by Crippen LogP contribution is 2.26. The second kappa shape index (κ2) is 6.02. The van der Waals surface area contributed by atoms with E-state index in [4.69, 9.17) is 11.6 Å². The first-order valence-electron chi connectivity index (χ1n) is 7.28. The van der Waals surface area contributed by atoms with Crippen molar-refractivity contribution in [1.82, 2.24) is 4.57 Å². The lowest BCUT2D eigenvalue weighted by atomic mass is 10.1. The third-order valence-electron chi connectivity index (χ3n) is 3.94. The van der Waals surface area contributed by atoms with Crippen molar-refractivity contribution in [3.63, 3.8) is 0 Å². The summed E-state index contributed by atoms with van der Waals surface area (Å²) in [5.74, 6) is -0.868. The van der Waals surface area contributed by atoms with Crippen LogP contribution in [0.2, 0.25) is 5.02 Å². The molecule has 6 heteroatoms. The molecule has 5 nitrogen and oxygen atoms in total. The molecule has 0 atom stereocenters. The Labute approximate surface area is 143 Å². The molecule has 1 heterocycles. The minimum atomic E-state index is -0.496. The summed E-state index contributed by atoms with van der Waals surface area (Å²) in [7, 11) is 1.43. The molecular weight excluding hydrogens is 328 g/mol. The number of anilines is 1. The van der Waals surface area contributed by atoms with Gasteiger partial charge in [-0.2, -0.15) is 0 Å². The van der Waals surface area contributed by atoms with Gasteiger partial charge in [-0.25, -0.2) is 0 Å². The molecule has 0 aliphatic rings. The van der Waals surface area contributed by atoms with Gasteiger partial charge in [0.05, 0.1) is 0 Å². The Hall–Kier alpha value is -2.79. The molecule has 1 amide bonds. The number of aromatic nitrogens is 1. The second-order valence-electron chi connectivity index (χ2n) is 5.52. The van der Waals surface area contributed by atoms with Crippen LogP contribution in [0.15, 0.2) is 47.3 Å². The number of carbonyl (C=O) groups is 1. The van der Waals surface area contributed by atoms with E-state index in [-0.39, 0.29) is 17.0 Å². The van der Waals surface area contributed by atoms with Crippen LogP contribution >= 0.6 is 11.6 Å². The van der Waals surface area contributed by atoms with Crippen molar-refractivity contribution >= 4 is 34.0 Å². The first-order chi connectivity index (χ1) is 11.4. The predicted octanol–water partition coefficient (Wildman–Crippen LogP) is 3.46. The maximum atomic E-state index is 12.7. The summed E-state index contributed by atoms with van der Waals surface area (Å²) < 4.78 is 1.06. The van der Waals surface area contributed by atoms with E-state index in [0.717, 1.165) is 10.1 Å². The van der Waals surface area contributed by atoms with Crippen molar-refractivity contribution in [1.29, 1.82) is 0 Å². The Kier molecular flexibility index (Phi) is 4.03. The molecule has 0 saturated carbocycles. The molecule has 0 radical (unpaired) electrons. The number of aryl methyl sites for hydroxylation is 1. The van der Waals surface area contributed by atoms with Crippen LogP contribution in [0.1, 0.15) is 15.9 Å². The quantitative estimate of drug-likeness (QED) is 0.749. The van der Waals surface area contributed by atoms with Crippen LogP contribution in [0.25, 0.3) is 10.8 Å². The summed E-state index contributed by atoms with van der Waals surface area (Å²) in [6.07, 6.45) is 0. The molecule has 122 valence electrons. The van der Waals surface area contributed by atoms with Gasteiger partial charge in [0.15, 0.2) is 0 Å². The molecule has 0 bridgehead atoms. The maximum Gasteiger partial charge on any atom is 0.261 e. The fourth-order valence-electron chi connectivity index (χ4n) is 2.63. The third kappa shape index (κ3) is 2.63. The van der Waals surface area contributed by atoms with Crippen LogP contribution in [0.3, 0.4) is 0 Å². The summed E-state index contributed by atoms with van der Waals surface area (Å²) in [6.45, 7) is 1.82. The number of hydrogen-bond donors (Lipinski definition) is 2. The van der Waals surface area contributed by atoms with Gasteiger partial charge in [0.1, 0.15) is 5.56 Å². The zero-order chi connectivity index (χ0) is 17.4. The van der Waals surface area contributed by atoms with Gasteiger partial charge in [-0.15, -0.1) is 0 Å². The molecule has 1 aromatic heterocycles. The van der Waals surface area contributed by atoms with Gasteiger partial charge in [-0.1, -0.05) is 29.8 Å². The van der Waals surface area contributed by atoms with Gasteiger partial charge < -0.3 is 10.4 Å². The summed E-state index contributed by atoms with van der Waals surface area (Å²) in [4.78, 5) is 25.0. The monoisotopic (exact) mass is 342 g/mol. The standard InChI is InChI=1S/C18H15ClN2O3/c1-10-9-11(19)7-8-14(10)20-16(22)15-12-5-3-4-6-13(12)17(23)21(2)18(15)24/h3-9,24H,1-2H3,(H,20,22). The smallest absolute Gasteiger partial charge is 0.261 e. The SMILES string of the molecule is Cc1cc(Cl)ccc1NC(=O)c1c(O)n(C)c(=O)c2ccccc12. The molecule has 0 aliphatic carbocycles. The highest BCUT2D eigenvalue weighted by molar-refractivity contribution is 6.30. The van der Waals surface area contributed by atoms with Crippen molar-refractivity contribution in [3.8, 4) is 5.88 Å². The van der Waals surface area contributed by atoms with E-state index in [0.29, 0.717) is 21.5 Å². The second-order valence-corrected chi connectivity index (χ2v) is 5.96. The van der Waals surface area contributed by atoms with Gasteiger partial charge >= 0.3 is 0 Å². The average Bonchev–Trinajstić information content (AvgIpc) is 2.55. The molecule has 3 aromatic rings. The van der Waals surface area contributed by atoms with Crippen LogP contribution in [-0.4, -0.2) is 15.6 Å². The maximum absolute atomic E-state index is 12.7. The normalized spacial score (nSPS) is 10.8. The van der Waals surface area contributed by atoms with E-state index >= 15 is 0 Å². The third-order valence-corrected chi connectivity index (χ3v) is 4.17. The minimum Gasteiger partial charge on any atom is -0.494 e. The van der Waals surface area contributed by atoms with Crippen LogP contribution < -0.4 is 10.9 Å². The Morgan fingerprint density at radius 3 is 2.50 bits per heavy atom. The number of benzene rings is 2. The van der Waals surface area contributed by atoms with E-state index in [1.54, 1.807) is 42.5 Å². The lowest BCUT2D eigenvalue weighted by Crippen LogP contribution is -2.22. The van der Waals surface area contributed by atoms with Gasteiger partial charge in [0, 0.05) is 28.5 Å². The first-order valence-corrected chi connectivity index (χ1v) is 7.66. The topological polar surface area (TPSA) is 71.3 Å². The summed E-state index contributed by atoms with van der Waals surface area (Å²) >= 11 is 5.92. The lowest BCUT2D eigenvalue weighted by Gasteiger charge is -2.14. The molecule has 0 fully saturated rings. The number of aromatic hydroxyl groups is 1. The number of nitrogens with zero attached hydrogens (tertiary/aromatic N) is 1. The Morgan fingerprint density at radius 2 is 1.83 bits per heavy atom. The predicted molar refractivity (Wildman–Crippen MR) is 95.0 cm³/mol. The number of nitrogens with one attached hydrogen (secondary N) is 1. The average molecular weight is 343 g/mol. The Morgan fingerprint density at radius 1 is 1.17 bits per heavy atom. The van der Waals surface area contributed by atoms with Gasteiger partial charge in [-0.3, -0.25) is 14.2 Å². The fourth-order valence-corrected chi connectivity index (χ4v) is 2.86. The zero-order valence-corrected chi connectivity index (χ0v) is 13.9. The number of amides is 1. The van der Waals surface area contributed by atoms with Crippen LogP contribution in [0.4, 0.5) is 5.69 Å². The fraction of sp³-hybridized carbons (Fsp3) is 0.111. The van der Waals surface area contributed by atoms with Crippen molar-refractivity contribution in [3.05, 3.63) is 69.0 Å². The van der Waals surface area contributed by atoms with E-state index < -0.39 is 5.91 Å². The number of fused-ring (bicyclic) bond motifs is 1. The summed E-state index contributed by atoms with van der Waals surface area (Å²) in [5.41, 5.74) is 1.08. The zero-order valence-electron chi connectivity index (χ0n) is 13.1. The van der Waals surface area contributed by atoms with Crippen LogP contribution in [0.5, 0.6) is 5.88 Å². The van der Waals surface area contributed by atoms with E-state index in [1.165, 1.54) is 7.05 Å². The molecule has 0 saturated heterocycles. The van der Waals surface area contributed by atoms with Crippen molar-refractivity contribution in [2.75, 3.05) is 5.32 Å². The number of rotatable bonds is 2. The number of hydrogen-bond acceptors (Lipinski definition) is 3. The minimum absolute atomic E-state index is 0.0575. The molecule has 0 unspecified atom stereocenters. The molecule has 2 aromatic carbocycles. The highest BCUT2D eigenvalue weighted by Gasteiger charge is 2.20. The van der Waals surface area contributed by atoms with E-state index in [9.17, 15) is 14.7 Å². The van der Waals surface area contributed by atoms with E-state index in [1.807, 2.05) is 6.92 Å². The Balaban J connectivity index is 2.15. The molecule has 2 N–H and O–H groups in total. The van der Waals surface area contributed by atoms with Crippen LogP contribution in [0, 0.1) is 6.92 Å². The van der Waals surface area contributed by atoms with Gasteiger partial charge in [0.2, 0.25) is 5.88 Å². The highest BCUT2D eigenvalue weighted by atomic mass is 35.5.